The average Bonchev–Trinajstić information content (AvgIpc) is 2.46. The zero-order valence-corrected chi connectivity index (χ0v) is 6.32. The first-order valence-electron chi connectivity index (χ1n) is 3.73. The summed E-state index contributed by atoms with van der Waals surface area (Å²) in [4.78, 5) is 14.6. The maximum Gasteiger partial charge on any atom is 0.341 e. The molecule has 5 nitrogen and oxygen atoms in total. The predicted octanol–water partition coefficient (Wildman–Crippen LogP) is -1.07. The van der Waals surface area contributed by atoms with E-state index >= 15 is 0 Å². The number of carboxylic acids is 1. The molecule has 2 aliphatic heterocycles. The van der Waals surface area contributed by atoms with E-state index in [9.17, 15) is 4.79 Å². The lowest BCUT2D eigenvalue weighted by Crippen LogP contribution is -2.41. The summed E-state index contributed by atoms with van der Waals surface area (Å²) in [7, 11) is 0. The van der Waals surface area contributed by atoms with Crippen LogP contribution in [0, 0.1) is 0 Å². The first-order valence-corrected chi connectivity index (χ1v) is 3.73. The van der Waals surface area contributed by atoms with Crippen LogP contribution in [0.5, 0.6) is 0 Å². The van der Waals surface area contributed by atoms with Gasteiger partial charge in [-0.05, 0) is 6.08 Å². The lowest BCUT2D eigenvalue weighted by atomic mass is 10.2. The summed E-state index contributed by atoms with van der Waals surface area (Å²) in [5, 5.41) is 14.4. The fourth-order valence-electron chi connectivity index (χ4n) is 1.35. The van der Waals surface area contributed by atoms with Gasteiger partial charge >= 0.3 is 5.97 Å². The second-order valence-corrected chi connectivity index (χ2v) is 2.77. The third kappa shape index (κ3) is 1.08. The molecule has 2 unspecified atom stereocenters. The third-order valence-corrected chi connectivity index (χ3v) is 1.95. The van der Waals surface area contributed by atoms with Crippen molar-refractivity contribution >= 4 is 12.2 Å². The zero-order chi connectivity index (χ0) is 8.55. The Hall–Kier alpha value is -1.36. The van der Waals surface area contributed by atoms with Gasteiger partial charge in [-0.15, -0.1) is 0 Å². The summed E-state index contributed by atoms with van der Waals surface area (Å²) >= 11 is 0. The van der Waals surface area contributed by atoms with Gasteiger partial charge in [-0.3, -0.25) is 10.3 Å². The molecule has 2 heterocycles. The van der Waals surface area contributed by atoms with E-state index in [2.05, 4.69) is 15.6 Å². The summed E-state index contributed by atoms with van der Waals surface area (Å²) < 4.78 is 0. The Labute approximate surface area is 69.2 Å². The van der Waals surface area contributed by atoms with Gasteiger partial charge in [0, 0.05) is 11.9 Å². The summed E-state index contributed by atoms with van der Waals surface area (Å²) in [6.45, 7) is 0.614. The molecule has 1 fully saturated rings. The van der Waals surface area contributed by atoms with E-state index < -0.39 is 12.1 Å². The van der Waals surface area contributed by atoms with E-state index in [4.69, 9.17) is 5.11 Å². The molecule has 0 spiro atoms. The molecular formula is C7H9N3O2. The number of carbonyl (C=O) groups is 1. The summed E-state index contributed by atoms with van der Waals surface area (Å²) in [6.07, 6.45) is 2.82. The molecule has 0 aromatic carbocycles. The first kappa shape index (κ1) is 7.30. The fraction of sp³-hybridized carbons (Fsp3) is 0.429. The van der Waals surface area contributed by atoms with E-state index in [1.807, 2.05) is 0 Å². The number of fused-ring (bicyclic) bond motifs is 1. The smallest absolute Gasteiger partial charge is 0.341 e. The molecule has 2 atom stereocenters. The number of aliphatic carboxylic acids is 1. The van der Waals surface area contributed by atoms with Gasteiger partial charge in [-0.25, -0.2) is 4.79 Å². The summed E-state index contributed by atoms with van der Waals surface area (Å²) in [5.74, 6) is -0.884. The van der Waals surface area contributed by atoms with Gasteiger partial charge in [0.25, 0.3) is 0 Å². The van der Waals surface area contributed by atoms with Crippen LogP contribution in [0.4, 0.5) is 0 Å². The van der Waals surface area contributed by atoms with E-state index in [1.165, 1.54) is 0 Å². The zero-order valence-electron chi connectivity index (χ0n) is 6.32. The summed E-state index contributed by atoms with van der Waals surface area (Å²) in [5.41, 5.74) is 0.914. The Bertz CT molecular complexity index is 272. The number of dihydropyridines is 1. The highest BCUT2D eigenvalue weighted by Gasteiger charge is 2.32. The number of hydrogen-bond donors (Lipinski definition) is 3. The van der Waals surface area contributed by atoms with Crippen molar-refractivity contribution in [1.29, 1.82) is 0 Å². The molecule has 1 saturated heterocycles. The summed E-state index contributed by atoms with van der Waals surface area (Å²) in [6, 6.07) is 0.0519. The van der Waals surface area contributed by atoms with Crippen LogP contribution >= 0.6 is 0 Å². The van der Waals surface area contributed by atoms with Crippen molar-refractivity contribution in [3.8, 4) is 0 Å². The van der Waals surface area contributed by atoms with Crippen LogP contribution in [0.1, 0.15) is 0 Å². The second-order valence-electron chi connectivity index (χ2n) is 2.77. The third-order valence-electron chi connectivity index (χ3n) is 1.95. The minimum atomic E-state index is -0.884. The molecule has 12 heavy (non-hydrogen) atoms. The van der Waals surface area contributed by atoms with Gasteiger partial charge in [0.1, 0.15) is 0 Å². The van der Waals surface area contributed by atoms with E-state index in [1.54, 1.807) is 12.3 Å². The normalized spacial score (nSPS) is 32.2. The van der Waals surface area contributed by atoms with Gasteiger partial charge in [0.2, 0.25) is 0 Å². The molecule has 64 valence electrons. The van der Waals surface area contributed by atoms with Crippen molar-refractivity contribution < 1.29 is 9.90 Å². The van der Waals surface area contributed by atoms with Gasteiger partial charge in [0.05, 0.1) is 12.6 Å². The molecule has 2 rings (SSSR count). The van der Waals surface area contributed by atoms with Crippen LogP contribution in [0.3, 0.4) is 0 Å². The molecule has 2 aliphatic rings. The van der Waals surface area contributed by atoms with Gasteiger partial charge in [-0.1, -0.05) is 0 Å². The van der Waals surface area contributed by atoms with Crippen LogP contribution < -0.4 is 10.6 Å². The Morgan fingerprint density at radius 1 is 1.75 bits per heavy atom. The molecule has 0 bridgehead atoms. The number of nitrogens with zero attached hydrogens (tertiary/aromatic N) is 1. The van der Waals surface area contributed by atoms with Crippen LogP contribution in [0.25, 0.3) is 0 Å². The van der Waals surface area contributed by atoms with Crippen molar-refractivity contribution in [1.82, 2.24) is 10.6 Å². The largest absolute Gasteiger partial charge is 0.479 e. The van der Waals surface area contributed by atoms with Gasteiger partial charge < -0.3 is 10.4 Å². The van der Waals surface area contributed by atoms with Crippen LogP contribution in [-0.4, -0.2) is 36.0 Å². The van der Waals surface area contributed by atoms with Crippen molar-refractivity contribution in [2.75, 3.05) is 6.54 Å². The van der Waals surface area contributed by atoms with Crippen molar-refractivity contribution in [3.63, 3.8) is 0 Å². The molecule has 0 radical (unpaired) electrons. The highest BCUT2D eigenvalue weighted by molar-refractivity contribution is 5.77. The number of rotatable bonds is 1. The molecular weight excluding hydrogens is 158 g/mol. The first-order chi connectivity index (χ1) is 5.77. The topological polar surface area (TPSA) is 73.7 Å². The molecule has 0 aliphatic carbocycles. The molecule has 0 amide bonds. The standard InChI is InChI=1S/C7H9N3O2/c11-7(12)6-9-4-1-2-8-3-5(4)10-6/h1-2,5-6,9-10H,3H2,(H,11,12). The van der Waals surface area contributed by atoms with Crippen molar-refractivity contribution in [2.24, 2.45) is 4.99 Å². The quantitative estimate of drug-likeness (QED) is 0.465. The maximum absolute atomic E-state index is 10.6. The van der Waals surface area contributed by atoms with Crippen molar-refractivity contribution in [3.05, 3.63) is 11.8 Å². The monoisotopic (exact) mass is 167 g/mol. The highest BCUT2D eigenvalue weighted by atomic mass is 16.4. The minimum absolute atomic E-state index is 0.0519. The van der Waals surface area contributed by atoms with E-state index in [0.717, 1.165) is 5.70 Å². The van der Waals surface area contributed by atoms with Crippen LogP contribution in [0.15, 0.2) is 16.8 Å². The van der Waals surface area contributed by atoms with Gasteiger partial charge in [0.15, 0.2) is 6.17 Å². The molecule has 0 saturated carbocycles. The Morgan fingerprint density at radius 2 is 2.58 bits per heavy atom. The number of nitrogens with one attached hydrogen (secondary N) is 2. The molecule has 0 aromatic rings. The van der Waals surface area contributed by atoms with Crippen molar-refractivity contribution in [2.45, 2.75) is 12.2 Å². The van der Waals surface area contributed by atoms with E-state index in [0.29, 0.717) is 6.54 Å². The Morgan fingerprint density at radius 3 is 3.25 bits per heavy atom. The number of carboxylic acid groups (broad SMARTS) is 1. The number of hydrogen-bond acceptors (Lipinski definition) is 4. The van der Waals surface area contributed by atoms with E-state index in [-0.39, 0.29) is 6.04 Å². The second kappa shape index (κ2) is 2.60. The Balaban J connectivity index is 2.12. The average molecular weight is 167 g/mol. The number of aliphatic imine (C=N–C) groups is 1. The number of allylic oxidation sites excluding steroid dienone is 1. The predicted molar refractivity (Wildman–Crippen MR) is 42.9 cm³/mol. The highest BCUT2D eigenvalue weighted by Crippen LogP contribution is 2.11. The van der Waals surface area contributed by atoms with Crippen LogP contribution in [-0.2, 0) is 4.79 Å². The minimum Gasteiger partial charge on any atom is -0.479 e. The molecule has 5 heteroatoms. The lowest BCUT2D eigenvalue weighted by molar-refractivity contribution is -0.139. The molecule has 0 aromatic heterocycles. The maximum atomic E-state index is 10.6. The Kier molecular flexibility index (Phi) is 1.58. The van der Waals surface area contributed by atoms with Crippen LogP contribution in [0.2, 0.25) is 0 Å². The SMILES string of the molecule is O=C(O)C1NC2=CC=NCC2N1. The lowest BCUT2D eigenvalue weighted by Gasteiger charge is -2.09. The molecule has 3 N–H and O–H groups in total. The van der Waals surface area contributed by atoms with Gasteiger partial charge in [-0.2, -0.15) is 0 Å². The fourth-order valence-corrected chi connectivity index (χ4v) is 1.35.